The summed E-state index contributed by atoms with van der Waals surface area (Å²) in [4.78, 5) is 12.6. The van der Waals surface area contributed by atoms with E-state index < -0.39 is 5.54 Å². The van der Waals surface area contributed by atoms with E-state index in [1.165, 1.54) is 0 Å². The van der Waals surface area contributed by atoms with Gasteiger partial charge in [0.1, 0.15) is 0 Å². The Morgan fingerprint density at radius 2 is 2.00 bits per heavy atom. The molecule has 1 aromatic heterocycles. The van der Waals surface area contributed by atoms with Crippen molar-refractivity contribution < 1.29 is 14.6 Å². The Morgan fingerprint density at radius 3 is 2.58 bits per heavy atom. The molecule has 0 spiro atoms. The van der Waals surface area contributed by atoms with Gasteiger partial charge in [-0.15, -0.1) is 0 Å². The number of carbonyl (C=O) groups excluding carboxylic acids is 1. The molecule has 0 fully saturated rings. The third kappa shape index (κ3) is 4.58. The minimum Gasteiger partial charge on any atom is -0.489 e. The van der Waals surface area contributed by atoms with Crippen LogP contribution in [0.5, 0.6) is 5.75 Å². The first-order chi connectivity index (χ1) is 11.3. The minimum atomic E-state index is -0.733. The second-order valence-electron chi connectivity index (χ2n) is 6.82. The van der Waals surface area contributed by atoms with Gasteiger partial charge in [0.2, 0.25) is 0 Å². The topological polar surface area (TPSA) is 76.4 Å². The Labute approximate surface area is 142 Å². The van der Waals surface area contributed by atoms with Crippen LogP contribution in [-0.2, 0) is 0 Å². The monoisotopic (exact) mass is 331 g/mol. The first kappa shape index (κ1) is 18.0. The van der Waals surface area contributed by atoms with Gasteiger partial charge in [-0.25, -0.2) is 4.68 Å². The summed E-state index contributed by atoms with van der Waals surface area (Å²) in [7, 11) is 0. The van der Waals surface area contributed by atoms with Crippen LogP contribution in [0.3, 0.4) is 0 Å². The van der Waals surface area contributed by atoms with E-state index >= 15 is 0 Å². The van der Waals surface area contributed by atoms with Crippen molar-refractivity contribution in [3.63, 3.8) is 0 Å². The van der Waals surface area contributed by atoms with Gasteiger partial charge in [0.15, 0.2) is 11.4 Å². The molecule has 0 aliphatic carbocycles. The SMILES string of the molecule is CC(C)COc1cn(-c2ccccc2)nc1C(=O)NC(C)(C)CO. The second kappa shape index (κ2) is 7.49. The average Bonchev–Trinajstić information content (AvgIpc) is 2.98. The number of aliphatic hydroxyl groups excluding tert-OH is 1. The lowest BCUT2D eigenvalue weighted by Gasteiger charge is -2.23. The number of amides is 1. The molecule has 1 heterocycles. The highest BCUT2D eigenvalue weighted by atomic mass is 16.5. The number of nitrogens with zero attached hydrogens (tertiary/aromatic N) is 2. The molecule has 2 aromatic rings. The Balaban J connectivity index is 2.33. The van der Waals surface area contributed by atoms with Crippen LogP contribution in [0.2, 0.25) is 0 Å². The van der Waals surface area contributed by atoms with Crippen molar-refractivity contribution in [2.24, 2.45) is 5.92 Å². The Bertz CT molecular complexity index is 678. The van der Waals surface area contributed by atoms with Gasteiger partial charge in [-0.1, -0.05) is 32.0 Å². The zero-order valence-corrected chi connectivity index (χ0v) is 14.6. The fourth-order valence-electron chi connectivity index (χ4n) is 2.00. The second-order valence-corrected chi connectivity index (χ2v) is 6.82. The highest BCUT2D eigenvalue weighted by molar-refractivity contribution is 5.95. The lowest BCUT2D eigenvalue weighted by Crippen LogP contribution is -2.46. The smallest absolute Gasteiger partial charge is 0.276 e. The van der Waals surface area contributed by atoms with Crippen LogP contribution >= 0.6 is 0 Å². The van der Waals surface area contributed by atoms with E-state index in [-0.39, 0.29) is 18.2 Å². The van der Waals surface area contributed by atoms with Gasteiger partial charge in [-0.05, 0) is 31.9 Å². The van der Waals surface area contributed by atoms with Gasteiger partial charge in [0.05, 0.1) is 30.6 Å². The number of aromatic nitrogens is 2. The first-order valence-electron chi connectivity index (χ1n) is 8.03. The molecule has 6 nitrogen and oxygen atoms in total. The van der Waals surface area contributed by atoms with Crippen molar-refractivity contribution >= 4 is 5.91 Å². The largest absolute Gasteiger partial charge is 0.489 e. The molecular weight excluding hydrogens is 306 g/mol. The number of rotatable bonds is 7. The summed E-state index contributed by atoms with van der Waals surface area (Å²) in [6.07, 6.45) is 1.71. The number of hydrogen-bond donors (Lipinski definition) is 2. The predicted molar refractivity (Wildman–Crippen MR) is 92.5 cm³/mol. The fraction of sp³-hybridized carbons (Fsp3) is 0.444. The molecule has 24 heavy (non-hydrogen) atoms. The fourth-order valence-corrected chi connectivity index (χ4v) is 2.00. The lowest BCUT2D eigenvalue weighted by molar-refractivity contribution is 0.0859. The van der Waals surface area contributed by atoms with Gasteiger partial charge in [0, 0.05) is 0 Å². The molecule has 2 rings (SSSR count). The van der Waals surface area contributed by atoms with Gasteiger partial charge < -0.3 is 15.2 Å². The molecular formula is C18H25N3O3. The Hall–Kier alpha value is -2.34. The summed E-state index contributed by atoms with van der Waals surface area (Å²) in [5.41, 5.74) is 0.316. The zero-order valence-electron chi connectivity index (χ0n) is 14.6. The lowest BCUT2D eigenvalue weighted by atomic mass is 10.1. The van der Waals surface area contributed by atoms with Crippen molar-refractivity contribution in [1.29, 1.82) is 0 Å². The molecule has 130 valence electrons. The van der Waals surface area contributed by atoms with Crippen LogP contribution in [-0.4, -0.2) is 39.5 Å². The van der Waals surface area contributed by atoms with Gasteiger partial charge >= 0.3 is 0 Å². The number of ether oxygens (including phenoxy) is 1. The summed E-state index contributed by atoms with van der Waals surface area (Å²) >= 11 is 0. The van der Waals surface area contributed by atoms with E-state index in [0.29, 0.717) is 18.3 Å². The molecule has 1 amide bonds. The number of para-hydroxylation sites is 1. The summed E-state index contributed by atoms with van der Waals surface area (Å²) < 4.78 is 7.38. The number of aliphatic hydroxyl groups is 1. The van der Waals surface area contributed by atoms with Crippen molar-refractivity contribution in [2.45, 2.75) is 33.2 Å². The third-order valence-corrected chi connectivity index (χ3v) is 3.34. The van der Waals surface area contributed by atoms with Crippen molar-refractivity contribution in [1.82, 2.24) is 15.1 Å². The maximum atomic E-state index is 12.6. The van der Waals surface area contributed by atoms with Crippen LogP contribution in [0.25, 0.3) is 5.69 Å². The molecule has 2 N–H and O–H groups in total. The number of carbonyl (C=O) groups is 1. The normalized spacial score (nSPS) is 11.6. The van der Waals surface area contributed by atoms with Crippen LogP contribution in [0.15, 0.2) is 36.5 Å². The average molecular weight is 331 g/mol. The van der Waals surface area contributed by atoms with Crippen LogP contribution in [0, 0.1) is 5.92 Å². The van der Waals surface area contributed by atoms with E-state index in [1.807, 2.05) is 44.2 Å². The molecule has 0 atom stereocenters. The summed E-state index contributed by atoms with van der Waals surface area (Å²) in [6, 6.07) is 9.53. The molecule has 0 aliphatic rings. The predicted octanol–water partition coefficient (Wildman–Crippen LogP) is 2.41. The minimum absolute atomic E-state index is 0.166. The van der Waals surface area contributed by atoms with Gasteiger partial charge in [-0.2, -0.15) is 5.10 Å². The molecule has 0 bridgehead atoms. The van der Waals surface area contributed by atoms with E-state index in [1.54, 1.807) is 24.7 Å². The Morgan fingerprint density at radius 1 is 1.33 bits per heavy atom. The van der Waals surface area contributed by atoms with E-state index in [4.69, 9.17) is 4.74 Å². The zero-order chi connectivity index (χ0) is 17.7. The molecule has 0 aliphatic heterocycles. The van der Waals surface area contributed by atoms with Crippen LogP contribution in [0.4, 0.5) is 0 Å². The van der Waals surface area contributed by atoms with Crippen molar-refractivity contribution in [3.8, 4) is 11.4 Å². The van der Waals surface area contributed by atoms with E-state index in [0.717, 1.165) is 5.69 Å². The van der Waals surface area contributed by atoms with Crippen molar-refractivity contribution in [2.75, 3.05) is 13.2 Å². The first-order valence-corrected chi connectivity index (χ1v) is 8.03. The Kier molecular flexibility index (Phi) is 5.62. The highest BCUT2D eigenvalue weighted by Gasteiger charge is 2.25. The summed E-state index contributed by atoms with van der Waals surface area (Å²) in [5.74, 6) is 0.385. The summed E-state index contributed by atoms with van der Waals surface area (Å²) in [5, 5.41) is 16.5. The van der Waals surface area contributed by atoms with E-state index in [2.05, 4.69) is 10.4 Å². The maximum absolute atomic E-state index is 12.6. The molecule has 0 saturated carbocycles. The third-order valence-electron chi connectivity index (χ3n) is 3.34. The summed E-state index contributed by atoms with van der Waals surface area (Å²) in [6.45, 7) is 7.89. The standard InChI is InChI=1S/C18H25N3O3/c1-13(2)11-24-15-10-21(14-8-6-5-7-9-14)20-16(15)17(23)19-18(3,4)12-22/h5-10,13,22H,11-12H2,1-4H3,(H,19,23). The van der Waals surface area contributed by atoms with Crippen molar-refractivity contribution in [3.05, 3.63) is 42.2 Å². The van der Waals surface area contributed by atoms with Crippen LogP contribution < -0.4 is 10.1 Å². The van der Waals surface area contributed by atoms with Gasteiger partial charge in [0.25, 0.3) is 5.91 Å². The number of benzene rings is 1. The molecule has 6 heteroatoms. The highest BCUT2D eigenvalue weighted by Crippen LogP contribution is 2.21. The molecule has 0 radical (unpaired) electrons. The van der Waals surface area contributed by atoms with Crippen LogP contribution in [0.1, 0.15) is 38.2 Å². The number of nitrogens with one attached hydrogen (secondary N) is 1. The molecule has 1 aromatic carbocycles. The van der Waals surface area contributed by atoms with E-state index in [9.17, 15) is 9.90 Å². The van der Waals surface area contributed by atoms with Gasteiger partial charge in [-0.3, -0.25) is 4.79 Å². The maximum Gasteiger partial charge on any atom is 0.276 e. The number of hydrogen-bond acceptors (Lipinski definition) is 4. The molecule has 0 saturated heterocycles. The molecule has 0 unspecified atom stereocenters. The quantitative estimate of drug-likeness (QED) is 0.817.